The maximum atomic E-state index is 12.5. The summed E-state index contributed by atoms with van der Waals surface area (Å²) in [6, 6.07) is 0. The molecule has 0 aromatic rings. The number of fused-ring (bicyclic) bond motifs is 1. The van der Waals surface area contributed by atoms with Gasteiger partial charge in [-0.05, 0) is 12.8 Å². The van der Waals surface area contributed by atoms with E-state index in [1.54, 1.807) is 6.92 Å². The highest BCUT2D eigenvalue weighted by molar-refractivity contribution is 5.89. The lowest BCUT2D eigenvalue weighted by Crippen LogP contribution is -2.62. The van der Waals surface area contributed by atoms with E-state index in [1.807, 2.05) is 6.92 Å². The molecule has 1 aliphatic carbocycles. The van der Waals surface area contributed by atoms with Gasteiger partial charge in [0.1, 0.15) is 12.2 Å². The fraction of sp³-hybridized carbons (Fsp3) is 0.731. The van der Waals surface area contributed by atoms with Crippen molar-refractivity contribution in [3.05, 3.63) is 11.8 Å². The third-order valence-corrected chi connectivity index (χ3v) is 7.09. The van der Waals surface area contributed by atoms with Crippen molar-refractivity contribution in [3.63, 3.8) is 0 Å². The molecule has 2 aliphatic heterocycles. The van der Waals surface area contributed by atoms with E-state index in [9.17, 15) is 24.0 Å². The Morgan fingerprint density at radius 2 is 1.41 bits per heavy atom. The molecule has 2 fully saturated rings. The van der Waals surface area contributed by atoms with Crippen LogP contribution in [0.5, 0.6) is 0 Å². The summed E-state index contributed by atoms with van der Waals surface area (Å²) in [5.41, 5.74) is 0.268. The molecular weight excluding hydrogens is 520 g/mol. The van der Waals surface area contributed by atoms with Gasteiger partial charge >= 0.3 is 29.8 Å². The van der Waals surface area contributed by atoms with Crippen molar-refractivity contribution in [1.82, 2.24) is 0 Å². The Bertz CT molecular complexity index is 990. The van der Waals surface area contributed by atoms with Crippen LogP contribution in [0.3, 0.4) is 0 Å². The van der Waals surface area contributed by atoms with Gasteiger partial charge in [-0.25, -0.2) is 4.79 Å². The van der Waals surface area contributed by atoms with E-state index in [0.29, 0.717) is 12.8 Å². The zero-order valence-electron chi connectivity index (χ0n) is 23.1. The average molecular weight is 557 g/mol. The van der Waals surface area contributed by atoms with E-state index in [2.05, 4.69) is 0 Å². The quantitative estimate of drug-likeness (QED) is 0.313. The van der Waals surface area contributed by atoms with Crippen molar-refractivity contribution < 1.29 is 61.9 Å². The van der Waals surface area contributed by atoms with E-state index >= 15 is 0 Å². The molecule has 218 valence electrons. The molecule has 0 N–H and O–H groups in total. The average Bonchev–Trinajstić information content (AvgIpc) is 3.16. The van der Waals surface area contributed by atoms with Crippen molar-refractivity contribution in [2.75, 3.05) is 7.11 Å². The summed E-state index contributed by atoms with van der Waals surface area (Å²) < 4.78 is 45.0. The molecule has 0 spiro atoms. The second-order valence-electron chi connectivity index (χ2n) is 9.81. The first kappa shape index (κ1) is 30.4. The first-order valence-corrected chi connectivity index (χ1v) is 12.8. The highest BCUT2D eigenvalue weighted by Crippen LogP contribution is 2.49. The van der Waals surface area contributed by atoms with E-state index in [1.165, 1.54) is 34.1 Å². The summed E-state index contributed by atoms with van der Waals surface area (Å²) in [4.78, 5) is 60.1. The summed E-state index contributed by atoms with van der Waals surface area (Å²) >= 11 is 0. The predicted octanol–water partition coefficient (Wildman–Crippen LogP) is 1.55. The highest BCUT2D eigenvalue weighted by atomic mass is 16.8. The number of hydrogen-bond acceptors (Lipinski definition) is 13. The van der Waals surface area contributed by atoms with Crippen LogP contribution in [-0.4, -0.2) is 80.1 Å². The van der Waals surface area contributed by atoms with Gasteiger partial charge in [0.2, 0.25) is 12.6 Å². The maximum Gasteiger partial charge on any atom is 0.337 e. The van der Waals surface area contributed by atoms with Crippen LogP contribution in [0.4, 0.5) is 0 Å². The minimum absolute atomic E-state index is 0.268. The zero-order valence-corrected chi connectivity index (χ0v) is 23.1. The van der Waals surface area contributed by atoms with Gasteiger partial charge in [-0.3, -0.25) is 19.2 Å². The van der Waals surface area contributed by atoms with Gasteiger partial charge in [0.25, 0.3) is 0 Å². The Hall–Kier alpha value is -3.19. The number of ether oxygens (including phenoxy) is 8. The number of carbonyl (C=O) groups is 5. The van der Waals surface area contributed by atoms with Gasteiger partial charge in [0, 0.05) is 45.4 Å². The molecule has 1 saturated carbocycles. The normalized spacial score (nSPS) is 35.4. The third kappa shape index (κ3) is 6.88. The van der Waals surface area contributed by atoms with Gasteiger partial charge < -0.3 is 37.9 Å². The number of carbonyl (C=O) groups excluding carboxylic acids is 5. The van der Waals surface area contributed by atoms with E-state index in [0.717, 1.165) is 6.92 Å². The van der Waals surface area contributed by atoms with Crippen LogP contribution >= 0.6 is 0 Å². The van der Waals surface area contributed by atoms with Gasteiger partial charge in [-0.15, -0.1) is 0 Å². The van der Waals surface area contributed by atoms with Crippen LogP contribution in [0.1, 0.15) is 54.4 Å². The van der Waals surface area contributed by atoms with Crippen LogP contribution in [0, 0.1) is 17.8 Å². The summed E-state index contributed by atoms with van der Waals surface area (Å²) in [5, 5.41) is 0. The van der Waals surface area contributed by atoms with Crippen LogP contribution < -0.4 is 0 Å². The first-order chi connectivity index (χ1) is 18.4. The minimum Gasteiger partial charge on any atom is -0.472 e. The first-order valence-electron chi connectivity index (χ1n) is 12.8. The Labute approximate surface area is 226 Å². The minimum atomic E-state index is -1.33. The lowest BCUT2D eigenvalue weighted by molar-refractivity contribution is -0.342. The van der Waals surface area contributed by atoms with Crippen LogP contribution in [0.2, 0.25) is 0 Å². The summed E-state index contributed by atoms with van der Waals surface area (Å²) in [6.07, 6.45) is -5.41. The molecule has 3 rings (SSSR count). The largest absolute Gasteiger partial charge is 0.472 e. The molecule has 13 nitrogen and oxygen atoms in total. The lowest BCUT2D eigenvalue weighted by Gasteiger charge is -2.46. The predicted molar refractivity (Wildman–Crippen MR) is 128 cm³/mol. The van der Waals surface area contributed by atoms with E-state index in [-0.39, 0.29) is 11.5 Å². The smallest absolute Gasteiger partial charge is 0.337 e. The summed E-state index contributed by atoms with van der Waals surface area (Å²) in [5.74, 6) is -4.35. The van der Waals surface area contributed by atoms with Gasteiger partial charge in [-0.2, -0.15) is 0 Å². The number of rotatable bonds is 8. The fourth-order valence-electron chi connectivity index (χ4n) is 5.56. The molecule has 13 heteroatoms. The number of methoxy groups -OCH3 is 1. The molecule has 0 amide bonds. The Balaban J connectivity index is 1.97. The monoisotopic (exact) mass is 556 g/mol. The standard InChI is InChI=1S/C26H36O13/c1-8-18-21(35-13(4)28)22(36-14(5)29)23(37-15(6)30)26(38-18)39-25-20-11(2)19(34-12(3)27)9-16(20)17(10-33-25)24(31)32-7/h10-11,16,18-23,25-26H,8-9H2,1-7H3/t11-,16+,18+,19-,20+,21+,22-,23+,25-,26-/m0/s1. The molecular formula is C26H36O13. The highest BCUT2D eigenvalue weighted by Gasteiger charge is 2.56. The zero-order chi connectivity index (χ0) is 29.0. The number of hydrogen-bond donors (Lipinski definition) is 0. The van der Waals surface area contributed by atoms with Crippen LogP contribution in [0.15, 0.2) is 11.8 Å². The molecule has 0 unspecified atom stereocenters. The molecule has 2 heterocycles. The van der Waals surface area contributed by atoms with E-state index in [4.69, 9.17) is 37.9 Å². The van der Waals surface area contributed by atoms with Crippen molar-refractivity contribution in [2.24, 2.45) is 17.8 Å². The van der Waals surface area contributed by atoms with Crippen molar-refractivity contribution in [2.45, 2.75) is 97.5 Å². The van der Waals surface area contributed by atoms with Crippen molar-refractivity contribution in [1.29, 1.82) is 0 Å². The van der Waals surface area contributed by atoms with Crippen molar-refractivity contribution in [3.8, 4) is 0 Å². The molecule has 3 aliphatic rings. The number of esters is 5. The van der Waals surface area contributed by atoms with Gasteiger partial charge in [0.05, 0.1) is 18.9 Å². The fourth-order valence-corrected chi connectivity index (χ4v) is 5.56. The molecule has 39 heavy (non-hydrogen) atoms. The molecule has 0 aromatic carbocycles. The lowest BCUT2D eigenvalue weighted by atomic mass is 9.83. The third-order valence-electron chi connectivity index (χ3n) is 7.09. The Morgan fingerprint density at radius 1 is 0.846 bits per heavy atom. The summed E-state index contributed by atoms with van der Waals surface area (Å²) in [7, 11) is 1.25. The second kappa shape index (κ2) is 12.8. The van der Waals surface area contributed by atoms with Crippen molar-refractivity contribution >= 4 is 29.8 Å². The maximum absolute atomic E-state index is 12.5. The van der Waals surface area contributed by atoms with Crippen LogP contribution in [0.25, 0.3) is 0 Å². The van der Waals surface area contributed by atoms with Gasteiger partial charge in [0.15, 0.2) is 18.3 Å². The molecule has 0 aromatic heterocycles. The Kier molecular flexibility index (Phi) is 9.94. The molecule has 1 saturated heterocycles. The van der Waals surface area contributed by atoms with Crippen LogP contribution in [-0.2, 0) is 61.9 Å². The Morgan fingerprint density at radius 3 is 1.95 bits per heavy atom. The SMILES string of the molecule is CC[C@H]1O[C@@H](O[C@@H]2OC=C(C(=O)OC)[C@H]3C[C@H](OC(C)=O)[C@H](C)[C@@H]23)[C@H](OC(C)=O)[C@@H](OC(C)=O)[C@@H]1OC(C)=O. The summed E-state index contributed by atoms with van der Waals surface area (Å²) in [6.45, 7) is 8.45. The van der Waals surface area contributed by atoms with Gasteiger partial charge in [-0.1, -0.05) is 13.8 Å². The van der Waals surface area contributed by atoms with E-state index < -0.39 is 84.8 Å². The second-order valence-corrected chi connectivity index (χ2v) is 9.81. The molecule has 0 radical (unpaired) electrons. The topological polar surface area (TPSA) is 159 Å². The molecule has 0 bridgehead atoms. The molecule has 10 atom stereocenters.